The number of rotatable bonds is 4. The second kappa shape index (κ2) is 10.4. The number of likely N-dealkylation sites (tertiary alicyclic amines) is 1. The average Bonchev–Trinajstić information content (AvgIpc) is 3.17. The number of hydrogen-bond acceptors (Lipinski definition) is 4. The van der Waals surface area contributed by atoms with E-state index >= 15 is 0 Å². The maximum atomic E-state index is 13.7. The number of carbonyl (C=O) groups excluding carboxylic acids is 1. The van der Waals surface area contributed by atoms with Crippen LogP contribution in [0, 0.1) is 0 Å². The van der Waals surface area contributed by atoms with Crippen LogP contribution in [-0.2, 0) is 0 Å². The fourth-order valence-electron chi connectivity index (χ4n) is 4.24. The Balaban J connectivity index is 0.00000171. The van der Waals surface area contributed by atoms with Gasteiger partial charge in [-0.2, -0.15) is 5.10 Å². The fraction of sp³-hybridized carbons (Fsp3) is 0.435. The van der Waals surface area contributed by atoms with Gasteiger partial charge in [-0.25, -0.2) is 9.67 Å². The van der Waals surface area contributed by atoms with Gasteiger partial charge in [0.2, 0.25) is 0 Å². The van der Waals surface area contributed by atoms with E-state index in [0.29, 0.717) is 5.56 Å². The van der Waals surface area contributed by atoms with Crippen LogP contribution in [0.4, 0.5) is 0 Å². The lowest BCUT2D eigenvalue weighted by atomic mass is 9.95. The minimum atomic E-state index is -0.0523. The minimum Gasteiger partial charge on any atom is -0.334 e. The molecular weight excluding hydrogens is 433 g/mol. The van der Waals surface area contributed by atoms with E-state index < -0.39 is 0 Å². The molecule has 1 fully saturated rings. The van der Waals surface area contributed by atoms with Gasteiger partial charge in [-0.1, -0.05) is 30.3 Å². The van der Waals surface area contributed by atoms with Crippen molar-refractivity contribution in [3.05, 3.63) is 48.2 Å². The van der Waals surface area contributed by atoms with Crippen LogP contribution >= 0.6 is 24.8 Å². The molecule has 2 unspecified atom stereocenters. The Morgan fingerprint density at radius 3 is 2.48 bits per heavy atom. The highest BCUT2D eigenvalue weighted by Gasteiger charge is 2.31. The third-order valence-corrected chi connectivity index (χ3v) is 5.77. The van der Waals surface area contributed by atoms with Gasteiger partial charge < -0.3 is 10.6 Å². The SMILES string of the molecule is CC(N)C1CCCCN1C(=O)c1cc(-c2ccccc2)nc2c1cnn2C(C)C.Cl.Cl. The number of piperidine rings is 1. The maximum absolute atomic E-state index is 13.7. The number of fused-ring (bicyclic) bond motifs is 1. The summed E-state index contributed by atoms with van der Waals surface area (Å²) in [4.78, 5) is 20.5. The molecule has 0 radical (unpaired) electrons. The van der Waals surface area contributed by atoms with Crippen LogP contribution in [0.25, 0.3) is 22.3 Å². The van der Waals surface area contributed by atoms with Gasteiger partial charge in [0, 0.05) is 30.2 Å². The summed E-state index contributed by atoms with van der Waals surface area (Å²) < 4.78 is 1.89. The van der Waals surface area contributed by atoms with Crippen LogP contribution in [0.2, 0.25) is 0 Å². The van der Waals surface area contributed by atoms with Crippen molar-refractivity contribution in [2.45, 2.75) is 58.2 Å². The zero-order valence-electron chi connectivity index (χ0n) is 18.2. The fourth-order valence-corrected chi connectivity index (χ4v) is 4.24. The molecule has 1 aliphatic rings. The Bertz CT molecular complexity index is 1020. The first kappa shape index (κ1) is 25.1. The molecule has 31 heavy (non-hydrogen) atoms. The Hall–Kier alpha value is -2.15. The van der Waals surface area contributed by atoms with Crippen LogP contribution in [-0.4, -0.2) is 44.2 Å². The lowest BCUT2D eigenvalue weighted by Gasteiger charge is -2.38. The molecule has 2 N–H and O–H groups in total. The zero-order valence-corrected chi connectivity index (χ0v) is 19.8. The van der Waals surface area contributed by atoms with Crippen molar-refractivity contribution in [3.8, 4) is 11.3 Å². The van der Waals surface area contributed by atoms with Gasteiger partial charge >= 0.3 is 0 Å². The molecule has 8 heteroatoms. The lowest BCUT2D eigenvalue weighted by Crippen LogP contribution is -2.51. The second-order valence-corrected chi connectivity index (χ2v) is 8.26. The van der Waals surface area contributed by atoms with E-state index in [4.69, 9.17) is 10.7 Å². The van der Waals surface area contributed by atoms with Gasteiger partial charge in [0.15, 0.2) is 5.65 Å². The molecule has 0 bridgehead atoms. The molecule has 0 saturated carbocycles. The number of nitrogens with zero attached hydrogens (tertiary/aromatic N) is 4. The number of carbonyl (C=O) groups is 1. The van der Waals surface area contributed by atoms with E-state index in [2.05, 4.69) is 18.9 Å². The molecule has 4 rings (SSSR count). The molecule has 0 spiro atoms. The first-order valence-electron chi connectivity index (χ1n) is 10.5. The van der Waals surface area contributed by atoms with Gasteiger partial charge in [0.25, 0.3) is 5.91 Å². The first-order valence-corrected chi connectivity index (χ1v) is 10.5. The number of benzene rings is 1. The van der Waals surface area contributed by atoms with Crippen LogP contribution in [0.1, 0.15) is 56.4 Å². The Morgan fingerprint density at radius 1 is 1.13 bits per heavy atom. The van der Waals surface area contributed by atoms with Crippen molar-refractivity contribution in [1.29, 1.82) is 0 Å². The molecule has 168 valence electrons. The summed E-state index contributed by atoms with van der Waals surface area (Å²) in [6, 6.07) is 12.1. The lowest BCUT2D eigenvalue weighted by molar-refractivity contribution is 0.0586. The van der Waals surface area contributed by atoms with Crippen LogP contribution in [0.5, 0.6) is 0 Å². The number of hydrogen-bond donors (Lipinski definition) is 1. The first-order chi connectivity index (χ1) is 14.0. The predicted octanol–water partition coefficient (Wildman–Crippen LogP) is 4.86. The van der Waals surface area contributed by atoms with E-state index in [-0.39, 0.29) is 48.8 Å². The van der Waals surface area contributed by atoms with Gasteiger partial charge in [-0.05, 0) is 46.1 Å². The van der Waals surface area contributed by atoms with Crippen molar-refractivity contribution >= 4 is 41.8 Å². The molecule has 1 aliphatic heterocycles. The van der Waals surface area contributed by atoms with E-state index in [0.717, 1.165) is 48.1 Å². The number of pyridine rings is 1. The molecule has 3 heterocycles. The van der Waals surface area contributed by atoms with E-state index in [1.54, 1.807) is 6.20 Å². The predicted molar refractivity (Wildman–Crippen MR) is 130 cm³/mol. The molecule has 1 amide bonds. The monoisotopic (exact) mass is 463 g/mol. The Morgan fingerprint density at radius 2 is 1.84 bits per heavy atom. The highest BCUT2D eigenvalue weighted by molar-refractivity contribution is 6.06. The Kier molecular flexibility index (Phi) is 8.46. The quantitative estimate of drug-likeness (QED) is 0.598. The van der Waals surface area contributed by atoms with Crippen molar-refractivity contribution in [2.24, 2.45) is 5.73 Å². The summed E-state index contributed by atoms with van der Waals surface area (Å²) in [6.07, 6.45) is 4.85. The number of aromatic nitrogens is 3. The van der Waals surface area contributed by atoms with Crippen molar-refractivity contribution in [3.63, 3.8) is 0 Å². The van der Waals surface area contributed by atoms with Crippen LogP contribution in [0.15, 0.2) is 42.6 Å². The summed E-state index contributed by atoms with van der Waals surface area (Å²) in [5.74, 6) is 0.0277. The minimum absolute atomic E-state index is 0. The summed E-state index contributed by atoms with van der Waals surface area (Å²) in [5, 5.41) is 5.33. The zero-order chi connectivity index (χ0) is 20.5. The van der Waals surface area contributed by atoms with Crippen molar-refractivity contribution < 1.29 is 4.79 Å². The Labute approximate surface area is 196 Å². The van der Waals surface area contributed by atoms with Gasteiger partial charge in [0.05, 0.1) is 22.8 Å². The molecule has 1 aromatic carbocycles. The maximum Gasteiger partial charge on any atom is 0.255 e. The highest BCUT2D eigenvalue weighted by Crippen LogP contribution is 2.29. The number of nitrogens with two attached hydrogens (primary N) is 1. The molecule has 1 saturated heterocycles. The molecule has 2 atom stereocenters. The standard InChI is InChI=1S/C23H29N5O.2ClH/c1-15(2)28-22-19(14-25-28)18(13-20(26-22)17-9-5-4-6-10-17)23(29)27-12-8-7-11-21(27)16(3)24;;/h4-6,9-10,13-16,21H,7-8,11-12,24H2,1-3H3;2*1H. The van der Waals surface area contributed by atoms with E-state index in [1.165, 1.54) is 0 Å². The second-order valence-electron chi connectivity index (χ2n) is 8.26. The average molecular weight is 464 g/mol. The topological polar surface area (TPSA) is 77.0 Å². The number of halogens is 2. The van der Waals surface area contributed by atoms with Crippen molar-refractivity contribution in [1.82, 2.24) is 19.7 Å². The molecule has 6 nitrogen and oxygen atoms in total. The van der Waals surface area contributed by atoms with Crippen LogP contribution < -0.4 is 5.73 Å². The third-order valence-electron chi connectivity index (χ3n) is 5.77. The highest BCUT2D eigenvalue weighted by atomic mass is 35.5. The normalized spacial score (nSPS) is 17.2. The van der Waals surface area contributed by atoms with Gasteiger partial charge in [-0.15, -0.1) is 24.8 Å². The summed E-state index contributed by atoms with van der Waals surface area (Å²) in [5.41, 5.74) is 9.42. The summed E-state index contributed by atoms with van der Waals surface area (Å²) in [6.45, 7) is 6.88. The van der Waals surface area contributed by atoms with E-state index in [9.17, 15) is 4.79 Å². The van der Waals surface area contributed by atoms with Gasteiger partial charge in [0.1, 0.15) is 0 Å². The van der Waals surface area contributed by atoms with E-state index in [1.807, 2.05) is 52.9 Å². The smallest absolute Gasteiger partial charge is 0.255 e. The third kappa shape index (κ3) is 4.86. The molecular formula is C23H31Cl2N5O. The summed E-state index contributed by atoms with van der Waals surface area (Å²) >= 11 is 0. The van der Waals surface area contributed by atoms with Crippen molar-refractivity contribution in [2.75, 3.05) is 6.54 Å². The number of amides is 1. The van der Waals surface area contributed by atoms with Crippen LogP contribution in [0.3, 0.4) is 0 Å². The van der Waals surface area contributed by atoms with Gasteiger partial charge in [-0.3, -0.25) is 4.79 Å². The largest absolute Gasteiger partial charge is 0.334 e. The molecule has 0 aliphatic carbocycles. The molecule has 3 aromatic rings. The molecule has 2 aromatic heterocycles. The summed E-state index contributed by atoms with van der Waals surface area (Å²) in [7, 11) is 0.